The number of benzene rings is 1. The number of hydrogen-bond acceptors (Lipinski definition) is 7. The lowest BCUT2D eigenvalue weighted by Gasteiger charge is -2.39. The predicted molar refractivity (Wildman–Crippen MR) is 132 cm³/mol. The molecule has 3 rings (SSSR count). The summed E-state index contributed by atoms with van der Waals surface area (Å²) in [7, 11) is 1.28. The van der Waals surface area contributed by atoms with Crippen molar-refractivity contribution >= 4 is 17.7 Å². The summed E-state index contributed by atoms with van der Waals surface area (Å²) < 4.78 is 40.2. The van der Waals surface area contributed by atoms with E-state index >= 15 is 0 Å². The van der Waals surface area contributed by atoms with E-state index < -0.39 is 29.9 Å². The van der Waals surface area contributed by atoms with Gasteiger partial charge in [0.15, 0.2) is 0 Å². The normalized spacial score (nSPS) is 16.5. The molecule has 1 aliphatic rings. The van der Waals surface area contributed by atoms with Crippen molar-refractivity contribution in [2.24, 2.45) is 11.6 Å². The number of nitrogens with two attached hydrogens (primary N) is 2. The number of rotatable bonds is 7. The fourth-order valence-electron chi connectivity index (χ4n) is 4.13. The summed E-state index contributed by atoms with van der Waals surface area (Å²) in [5, 5.41) is 5.66. The van der Waals surface area contributed by atoms with E-state index in [4.69, 9.17) is 32.7 Å². The van der Waals surface area contributed by atoms with E-state index in [0.717, 1.165) is 16.1 Å². The van der Waals surface area contributed by atoms with E-state index in [1.807, 2.05) is 13.1 Å². The Kier molecular flexibility index (Phi) is 8.35. The topological polar surface area (TPSA) is 112 Å². The van der Waals surface area contributed by atoms with Crippen LogP contribution >= 0.6 is 11.6 Å². The summed E-state index contributed by atoms with van der Waals surface area (Å²) in [6.07, 6.45) is 0.674. The van der Waals surface area contributed by atoms with Gasteiger partial charge in [-0.2, -0.15) is 5.10 Å². The quantitative estimate of drug-likeness (QED) is 0.414. The molecular weight excluding hydrogens is 494 g/mol. The van der Waals surface area contributed by atoms with E-state index in [2.05, 4.69) is 5.10 Å². The SMILES string of the molecule is Cc1cnn(CC2c3c(OC/C(N)=C(\C(F)F)N(C)N)ccc(Cl)c3CCN2C(=O)OC(C)(C)C)c1. The predicted octanol–water partition coefficient (Wildman–Crippen LogP) is 4.00. The van der Waals surface area contributed by atoms with Crippen LogP contribution in [-0.2, 0) is 17.7 Å². The van der Waals surface area contributed by atoms with Crippen LogP contribution in [0.2, 0.25) is 5.02 Å². The van der Waals surface area contributed by atoms with E-state index in [9.17, 15) is 13.6 Å². The molecule has 9 nitrogen and oxygen atoms in total. The molecule has 1 aliphatic heterocycles. The van der Waals surface area contributed by atoms with Crippen molar-refractivity contribution < 1.29 is 23.0 Å². The second-order valence-corrected chi connectivity index (χ2v) is 10.1. The van der Waals surface area contributed by atoms with Gasteiger partial charge in [0.05, 0.1) is 24.5 Å². The highest BCUT2D eigenvalue weighted by Crippen LogP contribution is 2.41. The number of nitrogens with zero attached hydrogens (tertiary/aromatic N) is 4. The molecule has 2 heterocycles. The molecule has 36 heavy (non-hydrogen) atoms. The van der Waals surface area contributed by atoms with Crippen LogP contribution in [0.15, 0.2) is 35.9 Å². The van der Waals surface area contributed by atoms with Crippen LogP contribution < -0.4 is 16.3 Å². The number of aryl methyl sites for hydroxylation is 1. The molecule has 0 spiro atoms. The molecule has 0 saturated heterocycles. The Morgan fingerprint density at radius 3 is 2.61 bits per heavy atom. The minimum atomic E-state index is -2.87. The van der Waals surface area contributed by atoms with Crippen molar-refractivity contribution in [3.05, 3.63) is 57.6 Å². The van der Waals surface area contributed by atoms with Gasteiger partial charge in [0.25, 0.3) is 6.43 Å². The first-order valence-corrected chi connectivity index (χ1v) is 11.8. The van der Waals surface area contributed by atoms with Crippen molar-refractivity contribution in [2.75, 3.05) is 20.2 Å². The average Bonchev–Trinajstić information content (AvgIpc) is 3.16. The number of halogens is 3. The Bertz CT molecular complexity index is 1120. The van der Waals surface area contributed by atoms with Crippen LogP contribution in [0.4, 0.5) is 13.6 Å². The number of alkyl halides is 2. The van der Waals surface area contributed by atoms with Crippen LogP contribution in [0.25, 0.3) is 0 Å². The zero-order valence-corrected chi connectivity index (χ0v) is 21.9. The maximum atomic E-state index is 13.4. The van der Waals surface area contributed by atoms with Crippen molar-refractivity contribution in [1.29, 1.82) is 0 Å². The third-order valence-corrected chi connectivity index (χ3v) is 5.98. The van der Waals surface area contributed by atoms with Gasteiger partial charge >= 0.3 is 6.09 Å². The molecule has 12 heteroatoms. The van der Waals surface area contributed by atoms with Gasteiger partial charge in [-0.1, -0.05) is 11.6 Å². The first-order valence-electron chi connectivity index (χ1n) is 11.5. The Morgan fingerprint density at radius 2 is 2.06 bits per heavy atom. The number of aromatic nitrogens is 2. The van der Waals surface area contributed by atoms with Crippen molar-refractivity contribution in [1.82, 2.24) is 19.7 Å². The summed E-state index contributed by atoms with van der Waals surface area (Å²) in [6.45, 7) is 7.63. The largest absolute Gasteiger partial charge is 0.487 e. The fourth-order valence-corrected chi connectivity index (χ4v) is 4.39. The summed E-state index contributed by atoms with van der Waals surface area (Å²) in [5.74, 6) is 5.89. The van der Waals surface area contributed by atoms with Gasteiger partial charge < -0.3 is 20.2 Å². The molecule has 0 bridgehead atoms. The molecule has 2 aromatic rings. The van der Waals surface area contributed by atoms with Crippen LogP contribution in [0.1, 0.15) is 43.5 Å². The smallest absolute Gasteiger partial charge is 0.410 e. The van der Waals surface area contributed by atoms with Gasteiger partial charge in [0, 0.05) is 30.4 Å². The van der Waals surface area contributed by atoms with Gasteiger partial charge in [0.2, 0.25) is 0 Å². The van der Waals surface area contributed by atoms with E-state index in [1.165, 1.54) is 7.05 Å². The van der Waals surface area contributed by atoms with Gasteiger partial charge in [-0.05, 0) is 57.4 Å². The van der Waals surface area contributed by atoms with Crippen LogP contribution in [-0.4, -0.2) is 58.0 Å². The third-order valence-electron chi connectivity index (χ3n) is 5.62. The summed E-state index contributed by atoms with van der Waals surface area (Å²) in [4.78, 5) is 14.8. The average molecular weight is 527 g/mol. The number of hydrogen-bond donors (Lipinski definition) is 2. The van der Waals surface area contributed by atoms with Gasteiger partial charge in [-0.25, -0.2) is 19.4 Å². The Morgan fingerprint density at radius 1 is 1.36 bits per heavy atom. The zero-order valence-electron chi connectivity index (χ0n) is 21.1. The molecule has 198 valence electrons. The van der Waals surface area contributed by atoms with Gasteiger partial charge in [0.1, 0.15) is 23.7 Å². The van der Waals surface area contributed by atoms with Gasteiger partial charge in [-0.3, -0.25) is 9.58 Å². The lowest BCUT2D eigenvalue weighted by atomic mass is 9.91. The molecule has 0 radical (unpaired) electrons. The molecule has 1 aromatic heterocycles. The molecule has 4 N–H and O–H groups in total. The number of carbonyl (C=O) groups is 1. The molecule has 1 unspecified atom stereocenters. The standard InChI is InChI=1S/C24H33ClF2N6O3/c1-14-10-30-32(11-14)12-18-20-15(8-9-33(18)23(34)36-24(2,3)4)16(25)6-7-19(20)35-13-17(28)21(22(26)27)31(5)29/h6-7,10-11,18,22H,8-9,12-13,28-29H2,1-5H3/b21-17-. The highest BCUT2D eigenvalue weighted by Gasteiger charge is 2.37. The highest BCUT2D eigenvalue weighted by atomic mass is 35.5. The molecule has 0 aliphatic carbocycles. The Hall–Kier alpha value is -3.05. The van der Waals surface area contributed by atoms with Crippen LogP contribution in [0.5, 0.6) is 5.75 Å². The van der Waals surface area contributed by atoms with Crippen molar-refractivity contribution in [3.8, 4) is 5.75 Å². The zero-order chi connectivity index (χ0) is 26.8. The second-order valence-electron chi connectivity index (χ2n) is 9.73. The molecule has 0 saturated carbocycles. The Labute approximate surface area is 214 Å². The second kappa shape index (κ2) is 10.9. The number of carbonyl (C=O) groups excluding carboxylic acids is 1. The molecule has 0 fully saturated rings. The van der Waals surface area contributed by atoms with Crippen molar-refractivity contribution in [3.63, 3.8) is 0 Å². The maximum Gasteiger partial charge on any atom is 0.410 e. The summed E-state index contributed by atoms with van der Waals surface area (Å²) in [6, 6.07) is 2.77. The number of hydrazine groups is 1. The van der Waals surface area contributed by atoms with E-state index in [0.29, 0.717) is 35.8 Å². The number of ether oxygens (including phenoxy) is 2. The van der Waals surface area contributed by atoms with Crippen LogP contribution in [0.3, 0.4) is 0 Å². The first kappa shape index (κ1) is 27.5. The van der Waals surface area contributed by atoms with E-state index in [-0.39, 0.29) is 12.3 Å². The third kappa shape index (κ3) is 6.38. The fraction of sp³-hybridized carbons (Fsp3) is 0.500. The minimum absolute atomic E-state index is 0.210. The summed E-state index contributed by atoms with van der Waals surface area (Å²) >= 11 is 6.55. The van der Waals surface area contributed by atoms with E-state index in [1.54, 1.807) is 48.7 Å². The lowest BCUT2D eigenvalue weighted by Crippen LogP contribution is -2.44. The molecule has 1 atom stereocenters. The molecule has 1 amide bonds. The minimum Gasteiger partial charge on any atom is -0.487 e. The van der Waals surface area contributed by atoms with Crippen molar-refractivity contribution in [2.45, 2.75) is 58.7 Å². The first-order chi connectivity index (χ1) is 16.8. The monoisotopic (exact) mass is 526 g/mol. The highest BCUT2D eigenvalue weighted by molar-refractivity contribution is 6.31. The van der Waals surface area contributed by atoms with Gasteiger partial charge in [-0.15, -0.1) is 0 Å². The number of amides is 1. The Balaban J connectivity index is 2.04. The maximum absolute atomic E-state index is 13.4. The number of fused-ring (bicyclic) bond motifs is 1. The van der Waals surface area contributed by atoms with Crippen LogP contribution in [0, 0.1) is 6.92 Å². The molecule has 1 aromatic carbocycles. The number of allylic oxidation sites excluding steroid dienone is 1. The summed E-state index contributed by atoms with van der Waals surface area (Å²) in [5.41, 5.74) is 6.88. The molecular formula is C24H33ClF2N6O3. The lowest BCUT2D eigenvalue weighted by molar-refractivity contribution is 0.0116.